The molecule has 0 atom stereocenters. The molecule has 3 nitrogen and oxygen atoms in total. The van der Waals surface area contributed by atoms with Gasteiger partial charge >= 0.3 is 0 Å². The van der Waals surface area contributed by atoms with Crippen LogP contribution in [0.3, 0.4) is 0 Å². The van der Waals surface area contributed by atoms with Gasteiger partial charge in [0.1, 0.15) is 0 Å². The van der Waals surface area contributed by atoms with Crippen LogP contribution in [0.2, 0.25) is 0 Å². The third-order valence-corrected chi connectivity index (χ3v) is 4.68. The number of para-hydroxylation sites is 2. The van der Waals surface area contributed by atoms with Gasteiger partial charge in [-0.2, -0.15) is 0 Å². The lowest BCUT2D eigenvalue weighted by Crippen LogP contribution is -2.30. The summed E-state index contributed by atoms with van der Waals surface area (Å²) in [6, 6.07) is 16.6. The predicted octanol–water partition coefficient (Wildman–Crippen LogP) is 5.81. The molecular formula is C20H25Cl4N3. The van der Waals surface area contributed by atoms with Crippen LogP contribution in [0.15, 0.2) is 48.5 Å². The Balaban J connectivity index is 0.00000182. The van der Waals surface area contributed by atoms with Gasteiger partial charge in [-0.15, -0.1) is 48.0 Å². The van der Waals surface area contributed by atoms with E-state index in [9.17, 15) is 0 Å². The summed E-state index contributed by atoms with van der Waals surface area (Å²) in [5.74, 6) is 1.29. The van der Waals surface area contributed by atoms with Crippen molar-refractivity contribution in [1.82, 2.24) is 9.88 Å². The number of rotatable bonds is 9. The molecule has 7 heteroatoms. The number of pyridine rings is 1. The molecule has 0 fully saturated rings. The van der Waals surface area contributed by atoms with E-state index in [1.807, 2.05) is 12.1 Å². The molecule has 1 aromatic heterocycles. The van der Waals surface area contributed by atoms with Crippen LogP contribution in [0, 0.1) is 0 Å². The number of anilines is 1. The monoisotopic (exact) mass is 447 g/mol. The molecule has 0 radical (unpaired) electrons. The molecule has 0 aliphatic carbocycles. The number of hydrogen-bond acceptors (Lipinski definition) is 3. The highest BCUT2D eigenvalue weighted by Gasteiger charge is 2.08. The van der Waals surface area contributed by atoms with E-state index in [4.69, 9.17) is 28.2 Å². The van der Waals surface area contributed by atoms with Crippen LogP contribution in [0.4, 0.5) is 5.69 Å². The standard InChI is InChI=1S/C20H23Cl2N3.2ClH/c21-10-14-25(15-11-22)13-5-12-23-20-16-6-1-3-8-18(16)24-19-9-4-2-7-17(19)20;;/h1-4,6-9H,5,10-15H2,(H,23,24);2*1H. The zero-order chi connectivity index (χ0) is 17.5. The fourth-order valence-corrected chi connectivity index (χ4v) is 3.60. The first-order valence-electron chi connectivity index (χ1n) is 8.69. The molecule has 1 heterocycles. The van der Waals surface area contributed by atoms with Crippen molar-refractivity contribution < 1.29 is 0 Å². The number of hydrogen-bond donors (Lipinski definition) is 1. The fourth-order valence-electron chi connectivity index (χ4n) is 3.12. The van der Waals surface area contributed by atoms with E-state index in [1.54, 1.807) is 0 Å². The van der Waals surface area contributed by atoms with Crippen LogP contribution in [-0.4, -0.2) is 47.8 Å². The molecule has 0 unspecified atom stereocenters. The molecule has 148 valence electrons. The largest absolute Gasteiger partial charge is 0.384 e. The summed E-state index contributed by atoms with van der Waals surface area (Å²) >= 11 is 11.7. The number of fused-ring (bicyclic) bond motifs is 2. The van der Waals surface area contributed by atoms with E-state index in [2.05, 4.69) is 46.6 Å². The molecule has 3 aromatic rings. The summed E-state index contributed by atoms with van der Waals surface area (Å²) in [7, 11) is 0. The Kier molecular flexibility index (Phi) is 11.1. The predicted molar refractivity (Wildman–Crippen MR) is 125 cm³/mol. The summed E-state index contributed by atoms with van der Waals surface area (Å²) in [6.07, 6.45) is 1.04. The van der Waals surface area contributed by atoms with Gasteiger partial charge in [-0.25, -0.2) is 4.98 Å². The number of benzene rings is 2. The first kappa shape index (κ1) is 24.1. The van der Waals surface area contributed by atoms with Crippen molar-refractivity contribution in [3.05, 3.63) is 48.5 Å². The summed E-state index contributed by atoms with van der Waals surface area (Å²) in [5, 5.41) is 5.97. The fraction of sp³-hybridized carbons (Fsp3) is 0.350. The van der Waals surface area contributed by atoms with Crippen molar-refractivity contribution in [2.75, 3.05) is 43.3 Å². The molecule has 1 N–H and O–H groups in total. The average Bonchev–Trinajstić information content (AvgIpc) is 2.64. The Morgan fingerprint density at radius 1 is 0.778 bits per heavy atom. The second-order valence-electron chi connectivity index (χ2n) is 6.02. The number of aromatic nitrogens is 1. The maximum Gasteiger partial charge on any atom is 0.0730 e. The molecule has 0 spiro atoms. The quantitative estimate of drug-likeness (QED) is 0.254. The maximum atomic E-state index is 5.86. The third-order valence-electron chi connectivity index (χ3n) is 4.34. The van der Waals surface area contributed by atoms with E-state index < -0.39 is 0 Å². The molecule has 0 saturated carbocycles. The molecule has 0 saturated heterocycles. The lowest BCUT2D eigenvalue weighted by molar-refractivity contribution is 0.306. The van der Waals surface area contributed by atoms with Crippen molar-refractivity contribution in [1.29, 1.82) is 0 Å². The Morgan fingerprint density at radius 2 is 1.30 bits per heavy atom. The van der Waals surface area contributed by atoms with E-state index in [0.717, 1.165) is 43.6 Å². The minimum Gasteiger partial charge on any atom is -0.384 e. The summed E-state index contributed by atoms with van der Waals surface area (Å²) in [5.41, 5.74) is 3.21. The molecule has 0 amide bonds. The van der Waals surface area contributed by atoms with E-state index >= 15 is 0 Å². The van der Waals surface area contributed by atoms with E-state index in [-0.39, 0.29) is 24.8 Å². The minimum absolute atomic E-state index is 0. The molecule has 27 heavy (non-hydrogen) atoms. The van der Waals surface area contributed by atoms with Crippen LogP contribution >= 0.6 is 48.0 Å². The summed E-state index contributed by atoms with van der Waals surface area (Å²) < 4.78 is 0. The summed E-state index contributed by atoms with van der Waals surface area (Å²) in [6.45, 7) is 3.66. The van der Waals surface area contributed by atoms with Crippen LogP contribution in [0.5, 0.6) is 0 Å². The van der Waals surface area contributed by atoms with Crippen molar-refractivity contribution in [3.63, 3.8) is 0 Å². The maximum absolute atomic E-state index is 5.86. The lowest BCUT2D eigenvalue weighted by Gasteiger charge is -2.20. The van der Waals surface area contributed by atoms with Gasteiger partial charge in [0.05, 0.1) is 16.7 Å². The topological polar surface area (TPSA) is 28.2 Å². The number of nitrogens with zero attached hydrogens (tertiary/aromatic N) is 2. The van der Waals surface area contributed by atoms with Crippen molar-refractivity contribution in [3.8, 4) is 0 Å². The van der Waals surface area contributed by atoms with Gasteiger partial charge in [0, 0.05) is 42.2 Å². The van der Waals surface area contributed by atoms with Crippen molar-refractivity contribution in [2.45, 2.75) is 6.42 Å². The normalized spacial score (nSPS) is 10.6. The minimum atomic E-state index is 0. The van der Waals surface area contributed by atoms with Crippen molar-refractivity contribution in [2.24, 2.45) is 0 Å². The first-order chi connectivity index (χ1) is 12.3. The summed E-state index contributed by atoms with van der Waals surface area (Å²) in [4.78, 5) is 7.08. The second kappa shape index (κ2) is 12.5. The Morgan fingerprint density at radius 3 is 1.81 bits per heavy atom. The van der Waals surface area contributed by atoms with E-state index in [0.29, 0.717) is 11.8 Å². The lowest BCUT2D eigenvalue weighted by atomic mass is 10.1. The van der Waals surface area contributed by atoms with Gasteiger partial charge in [-0.05, 0) is 25.1 Å². The Labute approximate surface area is 183 Å². The van der Waals surface area contributed by atoms with Gasteiger partial charge in [0.2, 0.25) is 0 Å². The average molecular weight is 449 g/mol. The van der Waals surface area contributed by atoms with Crippen LogP contribution < -0.4 is 5.32 Å². The molecule has 0 aliphatic rings. The highest BCUT2D eigenvalue weighted by atomic mass is 35.5. The van der Waals surface area contributed by atoms with Gasteiger partial charge in [0.25, 0.3) is 0 Å². The van der Waals surface area contributed by atoms with Crippen LogP contribution in [0.1, 0.15) is 6.42 Å². The third kappa shape index (κ3) is 6.27. The molecule has 0 aliphatic heterocycles. The zero-order valence-electron chi connectivity index (χ0n) is 15.0. The van der Waals surface area contributed by atoms with Crippen LogP contribution in [-0.2, 0) is 0 Å². The van der Waals surface area contributed by atoms with Gasteiger partial charge < -0.3 is 10.2 Å². The molecule has 2 aromatic carbocycles. The zero-order valence-corrected chi connectivity index (χ0v) is 18.2. The second-order valence-corrected chi connectivity index (χ2v) is 6.78. The molecular weight excluding hydrogens is 424 g/mol. The first-order valence-corrected chi connectivity index (χ1v) is 9.76. The van der Waals surface area contributed by atoms with E-state index in [1.165, 1.54) is 16.5 Å². The molecule has 0 bridgehead atoms. The highest BCUT2D eigenvalue weighted by molar-refractivity contribution is 6.18. The van der Waals surface area contributed by atoms with Gasteiger partial charge in [-0.1, -0.05) is 36.4 Å². The molecule has 3 rings (SSSR count). The number of alkyl halides is 2. The van der Waals surface area contributed by atoms with Gasteiger partial charge in [0.15, 0.2) is 0 Å². The Bertz CT molecular complexity index is 769. The van der Waals surface area contributed by atoms with Crippen molar-refractivity contribution >= 4 is 75.5 Å². The number of nitrogens with one attached hydrogen (secondary N) is 1. The highest BCUT2D eigenvalue weighted by Crippen LogP contribution is 2.30. The SMILES string of the molecule is Cl.Cl.ClCCN(CCCl)CCCNc1c2ccccc2nc2ccccc12. The van der Waals surface area contributed by atoms with Crippen LogP contribution in [0.25, 0.3) is 21.8 Å². The van der Waals surface area contributed by atoms with Gasteiger partial charge in [-0.3, -0.25) is 0 Å². The smallest absolute Gasteiger partial charge is 0.0730 e. The Hall–Kier alpha value is -0.970. The number of halogens is 4.